The second kappa shape index (κ2) is 4.11. The topological polar surface area (TPSA) is 53.6 Å². The highest BCUT2D eigenvalue weighted by molar-refractivity contribution is 5.86. The molecule has 0 saturated carbocycles. The van der Waals surface area contributed by atoms with Crippen LogP contribution in [0.2, 0.25) is 0 Å². The van der Waals surface area contributed by atoms with E-state index in [1.807, 2.05) is 18.2 Å². The molecule has 1 aliphatic heterocycles. The molecule has 1 heterocycles. The maximum Gasteiger partial charge on any atom is 0.129 e. The van der Waals surface area contributed by atoms with Crippen LogP contribution in [0.15, 0.2) is 35.3 Å². The van der Waals surface area contributed by atoms with E-state index >= 15 is 0 Å². The van der Waals surface area contributed by atoms with Crippen LogP contribution in [-0.4, -0.2) is 25.5 Å². The first kappa shape index (κ1) is 9.02. The average molecular weight is 190 g/mol. The third-order valence-corrected chi connectivity index (χ3v) is 2.15. The smallest absolute Gasteiger partial charge is 0.129 e. The number of hydrazine groups is 1. The van der Waals surface area contributed by atoms with Crippen LogP contribution in [0.4, 0.5) is 5.69 Å². The largest absolute Gasteiger partial charge is 0.324 e. The van der Waals surface area contributed by atoms with Gasteiger partial charge in [0.15, 0.2) is 0 Å². The molecule has 0 aromatic heterocycles. The Bertz CT molecular complexity index is 320. The summed E-state index contributed by atoms with van der Waals surface area (Å²) in [4.78, 5) is 4.26. The summed E-state index contributed by atoms with van der Waals surface area (Å²) in [6, 6.07) is 10.2. The zero-order valence-corrected chi connectivity index (χ0v) is 7.98. The summed E-state index contributed by atoms with van der Waals surface area (Å²) in [6.07, 6.45) is 0. The van der Waals surface area contributed by atoms with E-state index in [9.17, 15) is 0 Å². The number of benzene rings is 1. The number of hydrogen-bond acceptors (Lipinski definition) is 4. The number of nitrogens with two attached hydrogens (primary N) is 1. The van der Waals surface area contributed by atoms with Crippen LogP contribution in [0.1, 0.15) is 0 Å². The van der Waals surface area contributed by atoms with Gasteiger partial charge in [0.1, 0.15) is 5.84 Å². The average Bonchev–Trinajstić information content (AvgIpc) is 2.30. The van der Waals surface area contributed by atoms with Gasteiger partial charge in [-0.1, -0.05) is 18.2 Å². The van der Waals surface area contributed by atoms with Crippen LogP contribution in [0, 0.1) is 0 Å². The fourth-order valence-corrected chi connectivity index (χ4v) is 1.44. The number of aliphatic imine (C=N–C) groups is 1. The highest BCUT2D eigenvalue weighted by atomic mass is 15.5. The Morgan fingerprint density at radius 2 is 2.14 bits per heavy atom. The Labute approximate surface area is 83.4 Å². The van der Waals surface area contributed by atoms with Crippen molar-refractivity contribution in [1.82, 2.24) is 5.43 Å². The van der Waals surface area contributed by atoms with Gasteiger partial charge in [-0.25, -0.2) is 0 Å². The van der Waals surface area contributed by atoms with E-state index in [-0.39, 0.29) is 0 Å². The lowest BCUT2D eigenvalue weighted by molar-refractivity contribution is 0.712. The number of nitrogens with one attached hydrogen (secondary N) is 1. The van der Waals surface area contributed by atoms with E-state index in [1.165, 1.54) is 0 Å². The summed E-state index contributed by atoms with van der Waals surface area (Å²) < 4.78 is 0. The van der Waals surface area contributed by atoms with Crippen molar-refractivity contribution in [3.8, 4) is 0 Å². The summed E-state index contributed by atoms with van der Waals surface area (Å²) in [7, 11) is 0. The molecule has 0 unspecified atom stereocenters. The van der Waals surface area contributed by atoms with Crippen LogP contribution >= 0.6 is 0 Å². The van der Waals surface area contributed by atoms with Crippen LogP contribution in [-0.2, 0) is 0 Å². The van der Waals surface area contributed by atoms with Crippen LogP contribution < -0.4 is 16.2 Å². The first-order valence-electron chi connectivity index (χ1n) is 4.73. The Morgan fingerprint density at radius 3 is 2.86 bits per heavy atom. The third kappa shape index (κ3) is 1.85. The standard InChI is InChI=1S/C10H14N4/c11-8-10-12-6-7-14(13-10)9-4-2-1-3-5-9/h1-5H,6-8,11H2,(H,12,13). The molecule has 0 fully saturated rings. The third-order valence-electron chi connectivity index (χ3n) is 2.15. The maximum absolute atomic E-state index is 5.52. The summed E-state index contributed by atoms with van der Waals surface area (Å²) in [6.45, 7) is 2.14. The molecule has 2 rings (SSSR count). The molecule has 0 saturated heterocycles. The molecule has 3 N–H and O–H groups in total. The predicted molar refractivity (Wildman–Crippen MR) is 58.3 cm³/mol. The van der Waals surface area contributed by atoms with Gasteiger partial charge in [0, 0.05) is 0 Å². The lowest BCUT2D eigenvalue weighted by Gasteiger charge is -2.29. The lowest BCUT2D eigenvalue weighted by atomic mass is 10.3. The minimum absolute atomic E-state index is 0.462. The van der Waals surface area contributed by atoms with Gasteiger partial charge in [-0.05, 0) is 12.1 Å². The molecule has 4 heteroatoms. The van der Waals surface area contributed by atoms with Crippen molar-refractivity contribution in [2.24, 2.45) is 10.7 Å². The van der Waals surface area contributed by atoms with E-state index in [0.717, 1.165) is 24.6 Å². The van der Waals surface area contributed by atoms with Crippen LogP contribution in [0.5, 0.6) is 0 Å². The molecule has 0 amide bonds. The van der Waals surface area contributed by atoms with Crippen LogP contribution in [0.25, 0.3) is 0 Å². The van der Waals surface area contributed by atoms with E-state index in [2.05, 4.69) is 27.6 Å². The molecule has 4 nitrogen and oxygen atoms in total. The number of anilines is 1. The molecule has 1 aromatic carbocycles. The van der Waals surface area contributed by atoms with E-state index < -0.39 is 0 Å². The molecule has 0 atom stereocenters. The maximum atomic E-state index is 5.52. The monoisotopic (exact) mass is 190 g/mol. The van der Waals surface area contributed by atoms with Gasteiger partial charge in [-0.2, -0.15) is 0 Å². The fourth-order valence-electron chi connectivity index (χ4n) is 1.44. The summed E-state index contributed by atoms with van der Waals surface area (Å²) >= 11 is 0. The SMILES string of the molecule is NCC1=NCCN(c2ccccc2)N1. The van der Waals surface area contributed by atoms with Crippen LogP contribution in [0.3, 0.4) is 0 Å². The molecule has 14 heavy (non-hydrogen) atoms. The highest BCUT2D eigenvalue weighted by Crippen LogP contribution is 2.11. The van der Waals surface area contributed by atoms with Gasteiger partial charge < -0.3 is 5.73 Å². The van der Waals surface area contributed by atoms with Crippen molar-refractivity contribution in [2.45, 2.75) is 0 Å². The molecule has 0 radical (unpaired) electrons. The predicted octanol–water partition coefficient (Wildman–Crippen LogP) is 0.368. The van der Waals surface area contributed by atoms with Gasteiger partial charge in [0.2, 0.25) is 0 Å². The quantitative estimate of drug-likeness (QED) is 0.708. The van der Waals surface area contributed by atoms with Crippen molar-refractivity contribution in [2.75, 3.05) is 24.6 Å². The van der Waals surface area contributed by atoms with Crippen molar-refractivity contribution in [1.29, 1.82) is 0 Å². The molecule has 74 valence electrons. The fraction of sp³-hybridized carbons (Fsp3) is 0.300. The van der Waals surface area contributed by atoms with Gasteiger partial charge in [0.25, 0.3) is 0 Å². The Kier molecular flexibility index (Phi) is 2.65. The van der Waals surface area contributed by atoms with Gasteiger partial charge in [0.05, 0.1) is 25.3 Å². The molecule has 1 aromatic rings. The van der Waals surface area contributed by atoms with Crippen molar-refractivity contribution < 1.29 is 0 Å². The molecular formula is C10H14N4. The molecule has 1 aliphatic rings. The van der Waals surface area contributed by atoms with Crippen molar-refractivity contribution >= 4 is 11.5 Å². The number of hydrogen-bond donors (Lipinski definition) is 2. The van der Waals surface area contributed by atoms with E-state index in [1.54, 1.807) is 0 Å². The molecule has 0 spiro atoms. The zero-order valence-electron chi connectivity index (χ0n) is 7.98. The Morgan fingerprint density at radius 1 is 1.36 bits per heavy atom. The minimum atomic E-state index is 0.462. The first-order chi connectivity index (χ1) is 6.90. The summed E-state index contributed by atoms with van der Waals surface area (Å²) in [5.41, 5.74) is 9.85. The number of amidine groups is 1. The number of rotatable bonds is 2. The van der Waals surface area contributed by atoms with Crippen molar-refractivity contribution in [3.05, 3.63) is 30.3 Å². The number of nitrogens with zero attached hydrogens (tertiary/aromatic N) is 2. The van der Waals surface area contributed by atoms with Gasteiger partial charge >= 0.3 is 0 Å². The summed E-state index contributed by atoms with van der Waals surface area (Å²) in [5, 5.41) is 2.06. The van der Waals surface area contributed by atoms with E-state index in [4.69, 9.17) is 5.73 Å². The first-order valence-corrected chi connectivity index (χ1v) is 4.73. The summed E-state index contributed by atoms with van der Waals surface area (Å²) in [5.74, 6) is 0.847. The van der Waals surface area contributed by atoms with Gasteiger partial charge in [-0.15, -0.1) is 0 Å². The Balaban J connectivity index is 2.11. The normalized spacial score (nSPS) is 16.1. The zero-order chi connectivity index (χ0) is 9.80. The molecular weight excluding hydrogens is 176 g/mol. The highest BCUT2D eigenvalue weighted by Gasteiger charge is 2.11. The van der Waals surface area contributed by atoms with Crippen molar-refractivity contribution in [3.63, 3.8) is 0 Å². The molecule has 0 bridgehead atoms. The van der Waals surface area contributed by atoms with E-state index in [0.29, 0.717) is 6.54 Å². The Hall–Kier alpha value is -1.55. The second-order valence-corrected chi connectivity index (χ2v) is 3.13. The second-order valence-electron chi connectivity index (χ2n) is 3.13. The number of para-hydroxylation sites is 1. The van der Waals surface area contributed by atoms with Gasteiger partial charge in [-0.3, -0.25) is 15.4 Å². The lowest BCUT2D eigenvalue weighted by Crippen LogP contribution is -2.49. The minimum Gasteiger partial charge on any atom is -0.324 e. The molecule has 0 aliphatic carbocycles.